The molecule has 3 amide bonds. The summed E-state index contributed by atoms with van der Waals surface area (Å²) in [5.41, 5.74) is 4.55. The molecule has 34 heavy (non-hydrogen) atoms. The van der Waals surface area contributed by atoms with Crippen molar-refractivity contribution in [3.05, 3.63) is 59.2 Å². The zero-order chi connectivity index (χ0) is 24.5. The second-order valence-electron chi connectivity index (χ2n) is 7.84. The largest absolute Gasteiger partial charge is 0.493 e. The zero-order valence-electron chi connectivity index (χ0n) is 19.8. The quantitative estimate of drug-likeness (QED) is 0.301. The van der Waals surface area contributed by atoms with Crippen LogP contribution in [0.15, 0.2) is 48.0 Å². The minimum atomic E-state index is -0.486. The number of ether oxygens (including phenoxy) is 2. The van der Waals surface area contributed by atoms with E-state index in [4.69, 9.17) is 9.47 Å². The predicted molar refractivity (Wildman–Crippen MR) is 130 cm³/mol. The molecule has 0 atom stereocenters. The molecule has 0 bridgehead atoms. The van der Waals surface area contributed by atoms with Crippen LogP contribution in [0.4, 0.5) is 5.69 Å². The predicted octanol–water partition coefficient (Wildman–Crippen LogP) is 3.54. The van der Waals surface area contributed by atoms with Gasteiger partial charge in [-0.15, -0.1) is 0 Å². The zero-order valence-corrected chi connectivity index (χ0v) is 19.8. The third kappa shape index (κ3) is 5.95. The molecule has 3 rings (SSSR count). The molecule has 2 aromatic rings. The molecule has 1 aliphatic heterocycles. The number of nitrogens with zero attached hydrogens (tertiary/aromatic N) is 1. The molecule has 8 nitrogen and oxygen atoms in total. The highest BCUT2D eigenvalue weighted by Gasteiger charge is 2.34. The maximum Gasteiger partial charge on any atom is 0.282 e. The van der Waals surface area contributed by atoms with Gasteiger partial charge >= 0.3 is 0 Å². The Morgan fingerprint density at radius 2 is 1.82 bits per heavy atom. The fourth-order valence-electron chi connectivity index (χ4n) is 3.53. The third-order valence-electron chi connectivity index (χ3n) is 5.22. The van der Waals surface area contributed by atoms with Gasteiger partial charge < -0.3 is 14.8 Å². The molecule has 1 heterocycles. The van der Waals surface area contributed by atoms with Crippen LogP contribution >= 0.6 is 0 Å². The van der Waals surface area contributed by atoms with E-state index in [1.807, 2.05) is 32.9 Å². The molecule has 0 aliphatic carbocycles. The van der Waals surface area contributed by atoms with Crippen LogP contribution in [0.1, 0.15) is 44.2 Å². The van der Waals surface area contributed by atoms with E-state index in [-0.39, 0.29) is 11.5 Å². The number of para-hydroxylation sites is 1. The van der Waals surface area contributed by atoms with E-state index in [9.17, 15) is 14.4 Å². The highest BCUT2D eigenvalue weighted by molar-refractivity contribution is 6.31. The highest BCUT2D eigenvalue weighted by Crippen LogP contribution is 2.34. The SMILES string of the molecule is CCCOc1ccc(/C=C2\C(=O)NN(c3ccccc3)C2=O)c(OCCCC(=O)NCC)c1C. The van der Waals surface area contributed by atoms with Crippen molar-refractivity contribution in [1.29, 1.82) is 0 Å². The van der Waals surface area contributed by atoms with E-state index in [1.54, 1.807) is 30.3 Å². The summed E-state index contributed by atoms with van der Waals surface area (Å²) in [6.45, 7) is 7.23. The first-order valence-electron chi connectivity index (χ1n) is 11.5. The lowest BCUT2D eigenvalue weighted by atomic mass is 10.0. The number of hydrogen-bond donors (Lipinski definition) is 2. The molecule has 2 aromatic carbocycles. The average Bonchev–Trinajstić information content (AvgIpc) is 3.11. The number of rotatable bonds is 11. The van der Waals surface area contributed by atoms with Crippen LogP contribution in [0.3, 0.4) is 0 Å². The van der Waals surface area contributed by atoms with Gasteiger partial charge in [-0.2, -0.15) is 0 Å². The van der Waals surface area contributed by atoms with Crippen LogP contribution in [0.5, 0.6) is 11.5 Å². The van der Waals surface area contributed by atoms with Gasteiger partial charge in [-0.05, 0) is 57.0 Å². The molecule has 0 unspecified atom stereocenters. The molecule has 0 saturated carbocycles. The van der Waals surface area contributed by atoms with E-state index < -0.39 is 11.8 Å². The summed E-state index contributed by atoms with van der Waals surface area (Å²) in [5.74, 6) is 0.244. The van der Waals surface area contributed by atoms with Crippen molar-refractivity contribution < 1.29 is 23.9 Å². The summed E-state index contributed by atoms with van der Waals surface area (Å²) in [5, 5.41) is 3.99. The monoisotopic (exact) mass is 465 g/mol. The number of carbonyl (C=O) groups excluding carboxylic acids is 3. The van der Waals surface area contributed by atoms with Crippen LogP contribution < -0.4 is 25.2 Å². The lowest BCUT2D eigenvalue weighted by Gasteiger charge is -2.16. The molecule has 8 heteroatoms. The van der Waals surface area contributed by atoms with Gasteiger partial charge in [0.1, 0.15) is 17.1 Å². The van der Waals surface area contributed by atoms with Crippen LogP contribution in [0.2, 0.25) is 0 Å². The maximum atomic E-state index is 13.0. The molecule has 1 saturated heterocycles. The van der Waals surface area contributed by atoms with Crippen molar-refractivity contribution in [2.75, 3.05) is 24.8 Å². The summed E-state index contributed by atoms with van der Waals surface area (Å²) in [6.07, 6.45) is 3.28. The van der Waals surface area contributed by atoms with Gasteiger partial charge in [-0.3, -0.25) is 19.8 Å². The first-order valence-corrected chi connectivity index (χ1v) is 11.5. The number of benzene rings is 2. The van der Waals surface area contributed by atoms with Crippen LogP contribution in [-0.4, -0.2) is 37.5 Å². The summed E-state index contributed by atoms with van der Waals surface area (Å²) >= 11 is 0. The van der Waals surface area contributed by atoms with Crippen molar-refractivity contribution in [2.45, 2.75) is 40.0 Å². The summed E-state index contributed by atoms with van der Waals surface area (Å²) in [4.78, 5) is 37.3. The van der Waals surface area contributed by atoms with Crippen molar-refractivity contribution in [3.8, 4) is 11.5 Å². The molecule has 0 spiro atoms. The molecular formula is C26H31N3O5. The van der Waals surface area contributed by atoms with E-state index >= 15 is 0 Å². The number of anilines is 1. The lowest BCUT2D eigenvalue weighted by molar-refractivity contribution is -0.121. The van der Waals surface area contributed by atoms with E-state index in [0.717, 1.165) is 12.0 Å². The molecule has 180 valence electrons. The first kappa shape index (κ1) is 24.8. The Kier molecular flexibility index (Phi) is 8.67. The van der Waals surface area contributed by atoms with Gasteiger partial charge in [0, 0.05) is 24.1 Å². The van der Waals surface area contributed by atoms with Crippen molar-refractivity contribution in [2.24, 2.45) is 0 Å². The van der Waals surface area contributed by atoms with Crippen LogP contribution in [0, 0.1) is 6.92 Å². The van der Waals surface area contributed by atoms with Gasteiger partial charge in [0.2, 0.25) is 5.91 Å². The van der Waals surface area contributed by atoms with Crippen molar-refractivity contribution in [3.63, 3.8) is 0 Å². The van der Waals surface area contributed by atoms with Crippen LogP contribution in [0.25, 0.3) is 6.08 Å². The van der Waals surface area contributed by atoms with Gasteiger partial charge in [-0.25, -0.2) is 5.01 Å². The Balaban J connectivity index is 1.86. The number of amides is 3. The summed E-state index contributed by atoms with van der Waals surface area (Å²) < 4.78 is 11.9. The first-order chi connectivity index (χ1) is 16.5. The Labute approximate surface area is 199 Å². The lowest BCUT2D eigenvalue weighted by Crippen LogP contribution is -2.35. The molecule has 1 fully saturated rings. The standard InChI is InChI=1S/C26H31N3O5/c1-4-15-33-22-14-13-19(24(18(22)3)34-16-9-12-23(30)27-5-2)17-21-25(31)28-29(26(21)32)20-10-7-6-8-11-20/h6-8,10-11,13-14,17H,4-5,9,12,15-16H2,1-3H3,(H,27,30)(H,28,31)/b21-17+. The fraction of sp³-hybridized carbons (Fsp3) is 0.346. The van der Waals surface area contributed by atoms with Gasteiger partial charge in [-0.1, -0.05) is 25.1 Å². The Hall–Kier alpha value is -3.81. The second-order valence-corrected chi connectivity index (χ2v) is 7.84. The van der Waals surface area contributed by atoms with Gasteiger partial charge in [0.05, 0.1) is 18.9 Å². The highest BCUT2D eigenvalue weighted by atomic mass is 16.5. The second kappa shape index (κ2) is 11.9. The molecule has 1 aliphatic rings. The number of hydrazine groups is 1. The van der Waals surface area contributed by atoms with Gasteiger partial charge in [0.15, 0.2) is 0 Å². The Morgan fingerprint density at radius 1 is 1.06 bits per heavy atom. The third-order valence-corrected chi connectivity index (χ3v) is 5.22. The smallest absolute Gasteiger partial charge is 0.282 e. The minimum Gasteiger partial charge on any atom is -0.493 e. The Morgan fingerprint density at radius 3 is 2.53 bits per heavy atom. The summed E-state index contributed by atoms with van der Waals surface area (Å²) in [6, 6.07) is 12.5. The van der Waals surface area contributed by atoms with E-state index in [1.165, 1.54) is 11.1 Å². The van der Waals surface area contributed by atoms with E-state index in [2.05, 4.69) is 10.7 Å². The fourth-order valence-corrected chi connectivity index (χ4v) is 3.53. The molecule has 0 radical (unpaired) electrons. The number of nitrogens with one attached hydrogen (secondary N) is 2. The number of carbonyl (C=O) groups is 3. The molecular weight excluding hydrogens is 434 g/mol. The Bertz CT molecular complexity index is 1070. The average molecular weight is 466 g/mol. The molecule has 2 N–H and O–H groups in total. The van der Waals surface area contributed by atoms with Crippen molar-refractivity contribution >= 4 is 29.5 Å². The maximum absolute atomic E-state index is 13.0. The number of hydrogen-bond acceptors (Lipinski definition) is 5. The minimum absolute atomic E-state index is 0.0117. The summed E-state index contributed by atoms with van der Waals surface area (Å²) in [7, 11) is 0. The van der Waals surface area contributed by atoms with Crippen molar-refractivity contribution in [1.82, 2.24) is 10.7 Å². The topological polar surface area (TPSA) is 97.0 Å². The van der Waals surface area contributed by atoms with Crippen LogP contribution in [-0.2, 0) is 14.4 Å². The molecule has 0 aromatic heterocycles. The normalized spacial score (nSPS) is 14.3. The van der Waals surface area contributed by atoms with Gasteiger partial charge in [0.25, 0.3) is 11.8 Å². The van der Waals surface area contributed by atoms with E-state index in [0.29, 0.717) is 55.4 Å².